The van der Waals surface area contributed by atoms with Crippen molar-refractivity contribution in [2.75, 3.05) is 13.2 Å². The van der Waals surface area contributed by atoms with Crippen molar-refractivity contribution in [3.05, 3.63) is 0 Å². The number of amidine groups is 1. The third kappa shape index (κ3) is 2.61. The summed E-state index contributed by atoms with van der Waals surface area (Å²) in [4.78, 5) is 14.8. The minimum Gasteiger partial charge on any atom is -0.409 e. The molecule has 4 N–H and O–H groups in total. The molecule has 6 heteroatoms. The molecule has 0 unspecified atom stereocenters. The summed E-state index contributed by atoms with van der Waals surface area (Å²) < 4.78 is 0. The van der Waals surface area contributed by atoms with E-state index in [1.54, 1.807) is 0 Å². The van der Waals surface area contributed by atoms with Crippen LogP contribution in [-0.4, -0.2) is 46.1 Å². The van der Waals surface area contributed by atoms with Crippen molar-refractivity contribution in [1.29, 1.82) is 0 Å². The third-order valence-electron chi connectivity index (χ3n) is 4.80. The van der Waals surface area contributed by atoms with Gasteiger partial charge in [-0.3, -0.25) is 4.79 Å². The maximum atomic E-state index is 13.0. The highest BCUT2D eigenvalue weighted by Gasteiger charge is 2.49. The van der Waals surface area contributed by atoms with Crippen LogP contribution in [-0.2, 0) is 4.79 Å². The first kappa shape index (κ1) is 15.1. The van der Waals surface area contributed by atoms with Crippen molar-refractivity contribution in [3.63, 3.8) is 0 Å². The molecule has 0 spiro atoms. The van der Waals surface area contributed by atoms with Crippen LogP contribution in [0.1, 0.15) is 51.4 Å². The van der Waals surface area contributed by atoms with Crippen LogP contribution in [0.5, 0.6) is 0 Å². The van der Waals surface area contributed by atoms with E-state index in [-0.39, 0.29) is 24.4 Å². The second kappa shape index (κ2) is 6.43. The molecule has 0 aromatic heterocycles. The average Bonchev–Trinajstić information content (AvgIpc) is 2.90. The van der Waals surface area contributed by atoms with E-state index in [9.17, 15) is 4.79 Å². The third-order valence-corrected chi connectivity index (χ3v) is 4.80. The Morgan fingerprint density at radius 2 is 1.95 bits per heavy atom. The van der Waals surface area contributed by atoms with E-state index < -0.39 is 5.41 Å². The van der Waals surface area contributed by atoms with Gasteiger partial charge in [-0.05, 0) is 38.5 Å². The Morgan fingerprint density at radius 3 is 2.40 bits per heavy atom. The number of carbonyl (C=O) groups is 1. The smallest absolute Gasteiger partial charge is 0.236 e. The largest absolute Gasteiger partial charge is 0.409 e. The van der Waals surface area contributed by atoms with Crippen molar-refractivity contribution < 1.29 is 15.1 Å². The van der Waals surface area contributed by atoms with Crippen molar-refractivity contribution >= 4 is 11.7 Å². The minimum atomic E-state index is -0.820. The molecule has 6 nitrogen and oxygen atoms in total. The van der Waals surface area contributed by atoms with Gasteiger partial charge in [0, 0.05) is 19.2 Å². The van der Waals surface area contributed by atoms with Gasteiger partial charge in [-0.2, -0.15) is 0 Å². The van der Waals surface area contributed by atoms with Gasteiger partial charge in [0.25, 0.3) is 0 Å². The average molecular weight is 283 g/mol. The first-order chi connectivity index (χ1) is 9.65. The molecule has 0 aromatic rings. The summed E-state index contributed by atoms with van der Waals surface area (Å²) in [6.45, 7) is 0.632. The van der Waals surface area contributed by atoms with E-state index in [4.69, 9.17) is 16.0 Å². The molecular formula is C14H25N3O3. The lowest BCUT2D eigenvalue weighted by molar-refractivity contribution is -0.142. The lowest BCUT2D eigenvalue weighted by atomic mass is 9.81. The Kier molecular flexibility index (Phi) is 4.86. The van der Waals surface area contributed by atoms with Crippen molar-refractivity contribution in [1.82, 2.24) is 4.90 Å². The maximum Gasteiger partial charge on any atom is 0.236 e. The van der Waals surface area contributed by atoms with Gasteiger partial charge in [-0.1, -0.05) is 18.0 Å². The van der Waals surface area contributed by atoms with Crippen molar-refractivity contribution in [3.8, 4) is 0 Å². The Labute approximate surface area is 119 Å². The van der Waals surface area contributed by atoms with Crippen molar-refractivity contribution in [2.24, 2.45) is 16.3 Å². The van der Waals surface area contributed by atoms with E-state index in [1.165, 1.54) is 0 Å². The molecule has 0 radical (unpaired) electrons. The van der Waals surface area contributed by atoms with Crippen LogP contribution < -0.4 is 5.73 Å². The first-order valence-corrected chi connectivity index (χ1v) is 7.55. The summed E-state index contributed by atoms with van der Waals surface area (Å²) in [6, 6.07) is 0.262. The number of aliphatic hydroxyl groups excluding tert-OH is 1. The van der Waals surface area contributed by atoms with E-state index in [0.29, 0.717) is 25.8 Å². The van der Waals surface area contributed by atoms with E-state index >= 15 is 0 Å². The fourth-order valence-corrected chi connectivity index (χ4v) is 3.32. The van der Waals surface area contributed by atoms with Crippen LogP contribution in [0.25, 0.3) is 0 Å². The van der Waals surface area contributed by atoms with E-state index in [1.807, 2.05) is 4.90 Å². The Balaban J connectivity index is 2.19. The highest BCUT2D eigenvalue weighted by atomic mass is 16.4. The maximum absolute atomic E-state index is 13.0. The number of amides is 1. The summed E-state index contributed by atoms with van der Waals surface area (Å²) in [6.07, 6.45) is 6.93. The molecule has 2 aliphatic rings. The zero-order valence-electron chi connectivity index (χ0n) is 11.9. The molecule has 0 saturated heterocycles. The molecule has 2 aliphatic carbocycles. The molecule has 2 fully saturated rings. The van der Waals surface area contributed by atoms with Crippen molar-refractivity contribution in [2.45, 2.75) is 57.4 Å². The lowest BCUT2D eigenvalue weighted by Gasteiger charge is -2.42. The van der Waals surface area contributed by atoms with Gasteiger partial charge in [0.2, 0.25) is 5.91 Å². The van der Waals surface area contributed by atoms with Crippen LogP contribution in [0.4, 0.5) is 0 Å². The molecule has 0 aliphatic heterocycles. The molecule has 1 amide bonds. The summed E-state index contributed by atoms with van der Waals surface area (Å²) >= 11 is 0. The van der Waals surface area contributed by atoms with E-state index in [0.717, 1.165) is 32.1 Å². The molecule has 0 atom stereocenters. The molecule has 0 aromatic carbocycles. The number of carbonyl (C=O) groups excluding carboxylic acids is 1. The molecule has 2 saturated carbocycles. The van der Waals surface area contributed by atoms with Crippen LogP contribution >= 0.6 is 0 Å². The number of rotatable bonds is 6. The molecular weight excluding hydrogens is 258 g/mol. The highest BCUT2D eigenvalue weighted by molar-refractivity contribution is 6.07. The van der Waals surface area contributed by atoms with Gasteiger partial charge < -0.3 is 20.9 Å². The molecule has 0 heterocycles. The van der Waals surface area contributed by atoms with E-state index in [2.05, 4.69) is 5.16 Å². The minimum absolute atomic E-state index is 0.0107. The van der Waals surface area contributed by atoms with Gasteiger partial charge in [0.1, 0.15) is 5.41 Å². The Bertz CT molecular complexity index is 374. The van der Waals surface area contributed by atoms with Gasteiger partial charge in [0.05, 0.1) is 0 Å². The standard InChI is InChI=1S/C14H25N3O3/c15-12(16-20)14(7-1-2-8-14)13(19)17(9-4-10-18)11-5-3-6-11/h11,18,20H,1-10H2,(H2,15,16). The highest BCUT2D eigenvalue weighted by Crippen LogP contribution is 2.41. The predicted octanol–water partition coefficient (Wildman–Crippen LogP) is 1.06. The normalized spacial score (nSPS) is 22.6. The zero-order valence-corrected chi connectivity index (χ0v) is 11.9. The van der Waals surface area contributed by atoms with Crippen LogP contribution in [0, 0.1) is 5.41 Å². The topological polar surface area (TPSA) is 99.2 Å². The van der Waals surface area contributed by atoms with Gasteiger partial charge in [-0.25, -0.2) is 0 Å². The molecule has 2 rings (SSSR count). The predicted molar refractivity (Wildman–Crippen MR) is 75.4 cm³/mol. The lowest BCUT2D eigenvalue weighted by Crippen LogP contribution is -2.55. The zero-order chi connectivity index (χ0) is 14.6. The fraction of sp³-hybridized carbons (Fsp3) is 0.857. The summed E-state index contributed by atoms with van der Waals surface area (Å²) in [7, 11) is 0. The van der Waals surface area contributed by atoms with Gasteiger partial charge in [-0.15, -0.1) is 0 Å². The van der Waals surface area contributed by atoms with Gasteiger partial charge in [0.15, 0.2) is 5.84 Å². The number of nitrogens with zero attached hydrogens (tertiary/aromatic N) is 2. The van der Waals surface area contributed by atoms with Crippen LogP contribution in [0.3, 0.4) is 0 Å². The number of oxime groups is 1. The molecule has 0 bridgehead atoms. The second-order valence-electron chi connectivity index (χ2n) is 5.93. The number of hydrogen-bond donors (Lipinski definition) is 3. The second-order valence-corrected chi connectivity index (χ2v) is 5.93. The van der Waals surface area contributed by atoms with Crippen LogP contribution in [0.15, 0.2) is 5.16 Å². The Morgan fingerprint density at radius 1 is 1.30 bits per heavy atom. The van der Waals surface area contributed by atoms with Crippen LogP contribution in [0.2, 0.25) is 0 Å². The molecule has 114 valence electrons. The summed E-state index contributed by atoms with van der Waals surface area (Å²) in [5, 5.41) is 21.2. The fourth-order valence-electron chi connectivity index (χ4n) is 3.32. The SMILES string of the molecule is NC(=NO)C1(C(=O)N(CCCO)C2CCC2)CCCC1. The number of hydrogen-bond acceptors (Lipinski definition) is 4. The number of nitrogens with two attached hydrogens (primary N) is 1. The number of aliphatic hydroxyl groups is 1. The summed E-state index contributed by atoms with van der Waals surface area (Å²) in [5.41, 5.74) is 5.02. The Hall–Kier alpha value is -1.30. The monoisotopic (exact) mass is 283 g/mol. The quantitative estimate of drug-likeness (QED) is 0.294. The van der Waals surface area contributed by atoms with Gasteiger partial charge >= 0.3 is 0 Å². The summed E-state index contributed by atoms with van der Waals surface area (Å²) in [5.74, 6) is 0.0387. The molecule has 20 heavy (non-hydrogen) atoms. The first-order valence-electron chi connectivity index (χ1n) is 7.55.